The van der Waals surface area contributed by atoms with Gasteiger partial charge in [-0.25, -0.2) is 4.79 Å². The third-order valence-electron chi connectivity index (χ3n) is 7.02. The van der Waals surface area contributed by atoms with Crippen LogP contribution in [0.1, 0.15) is 129 Å². The molecule has 0 fully saturated rings. The number of nitrogens with zero attached hydrogens (tertiary/aromatic N) is 1. The van der Waals surface area contributed by atoms with E-state index >= 15 is 0 Å². The molecule has 0 aromatic heterocycles. The molecule has 9 heteroatoms. The normalized spacial score (nSPS) is 13.2. The van der Waals surface area contributed by atoms with Crippen molar-refractivity contribution in [2.45, 2.75) is 142 Å². The summed E-state index contributed by atoms with van der Waals surface area (Å²) in [5, 5.41) is 9.52. The monoisotopic (exact) mass is 614 g/mol. The first-order chi connectivity index (χ1) is 20.6. The summed E-state index contributed by atoms with van der Waals surface area (Å²) in [4.78, 5) is 36.5. The van der Waals surface area contributed by atoms with Crippen molar-refractivity contribution < 1.29 is 42.9 Å². The molecule has 0 amide bonds. The highest BCUT2D eigenvalue weighted by Gasteiger charge is 2.25. The summed E-state index contributed by atoms with van der Waals surface area (Å²) < 4.78 is 22.4. The van der Waals surface area contributed by atoms with Crippen LogP contribution in [-0.2, 0) is 33.3 Å². The Morgan fingerprint density at radius 2 is 1.19 bits per heavy atom. The van der Waals surface area contributed by atoms with E-state index in [4.69, 9.17) is 18.9 Å². The zero-order valence-corrected chi connectivity index (χ0v) is 28.1. The number of carboxylic acids is 1. The number of quaternary nitrogens is 1. The number of aliphatic carboxylic acids is 1. The Hall–Kier alpha value is -1.97. The average Bonchev–Trinajstić information content (AvgIpc) is 2.94. The number of carboxylic acid groups (broad SMARTS) is 1. The van der Waals surface area contributed by atoms with E-state index in [0.717, 1.165) is 51.4 Å². The first kappa shape index (κ1) is 41.0. The molecule has 9 nitrogen and oxygen atoms in total. The average molecular weight is 615 g/mol. The maximum atomic E-state index is 12.6. The number of hydrogen-bond acceptors (Lipinski definition) is 7. The quantitative estimate of drug-likeness (QED) is 0.0297. The molecule has 0 spiro atoms. The summed E-state index contributed by atoms with van der Waals surface area (Å²) in [6.45, 7) is 4.73. The molecule has 252 valence electrons. The van der Waals surface area contributed by atoms with E-state index in [2.05, 4.69) is 26.0 Å². The van der Waals surface area contributed by atoms with E-state index in [-0.39, 0.29) is 32.2 Å². The van der Waals surface area contributed by atoms with E-state index in [1.54, 1.807) is 0 Å². The van der Waals surface area contributed by atoms with Crippen LogP contribution in [0.3, 0.4) is 0 Å². The summed E-state index contributed by atoms with van der Waals surface area (Å²) >= 11 is 0. The number of allylic oxidation sites excluding steroid dienone is 2. The van der Waals surface area contributed by atoms with Crippen LogP contribution < -0.4 is 0 Å². The maximum absolute atomic E-state index is 12.6. The molecule has 0 radical (unpaired) electrons. The smallest absolute Gasteiger partial charge is 0.361 e. The number of ether oxygens (including phenoxy) is 4. The summed E-state index contributed by atoms with van der Waals surface area (Å²) in [6, 6.07) is 0. The standard InChI is InChI=1S/C34H63NO8/c1-6-8-10-12-14-15-16-17-18-19-21-23-25-32(37)43-30(28-41-31(36)24-22-20-13-11-9-7-2)29-42-34(33(38)39)40-27-26-35(3,4)5/h14-15,30,34H,6-13,16-29H2,1-5H3/p+1/b15-14-. The topological polar surface area (TPSA) is 108 Å². The number of esters is 2. The Morgan fingerprint density at radius 3 is 1.77 bits per heavy atom. The molecular weight excluding hydrogens is 550 g/mol. The van der Waals surface area contributed by atoms with Crippen LogP contribution in [0.25, 0.3) is 0 Å². The van der Waals surface area contributed by atoms with Gasteiger partial charge in [0.15, 0.2) is 6.10 Å². The number of rotatable bonds is 30. The Balaban J connectivity index is 4.60. The highest BCUT2D eigenvalue weighted by Crippen LogP contribution is 2.12. The van der Waals surface area contributed by atoms with Crippen LogP contribution in [0.4, 0.5) is 0 Å². The number of likely N-dealkylation sites (N-methyl/N-ethyl adjacent to an activating group) is 1. The minimum absolute atomic E-state index is 0.183. The molecule has 0 saturated heterocycles. The lowest BCUT2D eigenvalue weighted by Gasteiger charge is -2.25. The van der Waals surface area contributed by atoms with Gasteiger partial charge in [-0.15, -0.1) is 0 Å². The number of hydrogen-bond donors (Lipinski definition) is 1. The molecular formula is C34H64NO8+. The van der Waals surface area contributed by atoms with Crippen molar-refractivity contribution in [3.63, 3.8) is 0 Å². The summed E-state index contributed by atoms with van der Waals surface area (Å²) in [6.07, 6.45) is 20.1. The molecule has 2 unspecified atom stereocenters. The summed E-state index contributed by atoms with van der Waals surface area (Å²) in [5.74, 6) is -2.03. The largest absolute Gasteiger partial charge is 0.477 e. The second-order valence-electron chi connectivity index (χ2n) is 12.5. The van der Waals surface area contributed by atoms with Gasteiger partial charge in [-0.05, 0) is 38.5 Å². The predicted octanol–water partition coefficient (Wildman–Crippen LogP) is 7.21. The van der Waals surface area contributed by atoms with Gasteiger partial charge in [-0.1, -0.05) is 90.2 Å². The zero-order chi connectivity index (χ0) is 32.2. The Labute approximate surface area is 262 Å². The van der Waals surface area contributed by atoms with Crippen molar-refractivity contribution in [1.82, 2.24) is 0 Å². The number of unbranched alkanes of at least 4 members (excludes halogenated alkanes) is 13. The van der Waals surface area contributed by atoms with Crippen molar-refractivity contribution in [2.24, 2.45) is 0 Å². The number of carbonyl (C=O) groups excluding carboxylic acids is 2. The highest BCUT2D eigenvalue weighted by atomic mass is 16.7. The summed E-state index contributed by atoms with van der Waals surface area (Å²) in [5.41, 5.74) is 0. The van der Waals surface area contributed by atoms with Gasteiger partial charge in [0, 0.05) is 12.8 Å². The molecule has 0 bridgehead atoms. The van der Waals surface area contributed by atoms with Crippen LogP contribution in [0.5, 0.6) is 0 Å². The van der Waals surface area contributed by atoms with Gasteiger partial charge < -0.3 is 28.5 Å². The predicted molar refractivity (Wildman–Crippen MR) is 171 cm³/mol. The van der Waals surface area contributed by atoms with Crippen LogP contribution >= 0.6 is 0 Å². The Bertz CT molecular complexity index is 734. The van der Waals surface area contributed by atoms with Crippen molar-refractivity contribution in [3.8, 4) is 0 Å². The fourth-order valence-corrected chi connectivity index (χ4v) is 4.30. The first-order valence-electron chi connectivity index (χ1n) is 16.9. The first-order valence-corrected chi connectivity index (χ1v) is 16.9. The third kappa shape index (κ3) is 28.6. The van der Waals surface area contributed by atoms with E-state index in [1.807, 2.05) is 21.1 Å². The molecule has 0 saturated carbocycles. The molecule has 0 rings (SSSR count). The molecule has 2 atom stereocenters. The molecule has 1 N–H and O–H groups in total. The zero-order valence-electron chi connectivity index (χ0n) is 28.1. The van der Waals surface area contributed by atoms with E-state index < -0.39 is 24.3 Å². The summed E-state index contributed by atoms with van der Waals surface area (Å²) in [7, 11) is 5.93. The lowest BCUT2D eigenvalue weighted by Crippen LogP contribution is -2.40. The van der Waals surface area contributed by atoms with Crippen molar-refractivity contribution >= 4 is 17.9 Å². The molecule has 0 aliphatic carbocycles. The molecule has 0 aromatic rings. The fourth-order valence-electron chi connectivity index (χ4n) is 4.30. The second-order valence-corrected chi connectivity index (χ2v) is 12.5. The highest BCUT2D eigenvalue weighted by molar-refractivity contribution is 5.71. The Morgan fingerprint density at radius 1 is 0.674 bits per heavy atom. The van der Waals surface area contributed by atoms with Gasteiger partial charge in [-0.3, -0.25) is 9.59 Å². The SMILES string of the molecule is CCCCC/C=C\CCCCCCCC(=O)OC(COC(=O)CCCCCCCC)COC(OCC[N+](C)(C)C)C(=O)O. The maximum Gasteiger partial charge on any atom is 0.361 e. The van der Waals surface area contributed by atoms with Crippen molar-refractivity contribution in [2.75, 3.05) is 47.5 Å². The van der Waals surface area contributed by atoms with Crippen LogP contribution in [0, 0.1) is 0 Å². The Kier molecular flexibility index (Phi) is 26.3. The van der Waals surface area contributed by atoms with Crippen LogP contribution in [-0.4, -0.2) is 87.4 Å². The van der Waals surface area contributed by atoms with E-state index in [9.17, 15) is 19.5 Å². The molecule has 0 aromatic carbocycles. The van der Waals surface area contributed by atoms with Gasteiger partial charge in [-0.2, -0.15) is 0 Å². The van der Waals surface area contributed by atoms with E-state index in [1.165, 1.54) is 44.9 Å². The van der Waals surface area contributed by atoms with Gasteiger partial charge in [0.05, 0.1) is 34.4 Å². The minimum atomic E-state index is -1.50. The van der Waals surface area contributed by atoms with Crippen LogP contribution in [0.2, 0.25) is 0 Å². The van der Waals surface area contributed by atoms with Crippen molar-refractivity contribution in [3.05, 3.63) is 12.2 Å². The van der Waals surface area contributed by atoms with Gasteiger partial charge in [0.2, 0.25) is 0 Å². The second kappa shape index (κ2) is 27.6. The lowest BCUT2D eigenvalue weighted by atomic mass is 10.1. The molecule has 0 aliphatic heterocycles. The van der Waals surface area contributed by atoms with Gasteiger partial charge >= 0.3 is 17.9 Å². The fraction of sp³-hybridized carbons (Fsp3) is 0.853. The molecule has 0 heterocycles. The third-order valence-corrected chi connectivity index (χ3v) is 7.02. The van der Waals surface area contributed by atoms with Crippen LogP contribution in [0.15, 0.2) is 12.2 Å². The van der Waals surface area contributed by atoms with Gasteiger partial charge in [0.25, 0.3) is 6.29 Å². The lowest BCUT2D eigenvalue weighted by molar-refractivity contribution is -0.870. The van der Waals surface area contributed by atoms with E-state index in [0.29, 0.717) is 23.9 Å². The molecule has 0 aliphatic rings. The van der Waals surface area contributed by atoms with Crippen molar-refractivity contribution in [1.29, 1.82) is 0 Å². The van der Waals surface area contributed by atoms with Gasteiger partial charge in [0.1, 0.15) is 13.2 Å². The number of carbonyl (C=O) groups is 3. The molecule has 43 heavy (non-hydrogen) atoms. The minimum Gasteiger partial charge on any atom is -0.477 e.